The molecule has 0 aliphatic heterocycles. The summed E-state index contributed by atoms with van der Waals surface area (Å²) in [6.07, 6.45) is 5.58. The summed E-state index contributed by atoms with van der Waals surface area (Å²) >= 11 is 1.64. The van der Waals surface area contributed by atoms with Crippen molar-refractivity contribution in [3.05, 3.63) is 42.5 Å². The lowest BCUT2D eigenvalue weighted by Gasteiger charge is -2.09. The fourth-order valence-electron chi connectivity index (χ4n) is 1.77. The van der Waals surface area contributed by atoms with E-state index in [9.17, 15) is 9.18 Å². The van der Waals surface area contributed by atoms with E-state index in [1.807, 2.05) is 6.26 Å². The minimum atomic E-state index is -0.561. The van der Waals surface area contributed by atoms with E-state index in [0.717, 1.165) is 5.75 Å². The lowest BCUT2D eigenvalue weighted by molar-refractivity contribution is -0.117. The van der Waals surface area contributed by atoms with E-state index < -0.39 is 6.04 Å². The number of hydrogen-bond acceptors (Lipinski definition) is 4. The quantitative estimate of drug-likeness (QED) is 0.844. The molecule has 0 radical (unpaired) electrons. The zero-order chi connectivity index (χ0) is 15.2. The maximum Gasteiger partial charge on any atom is 0.241 e. The molecule has 1 heterocycles. The average molecular weight is 345 g/mol. The molecule has 0 unspecified atom stereocenters. The lowest BCUT2D eigenvalue weighted by atomic mass is 10.2. The van der Waals surface area contributed by atoms with Gasteiger partial charge >= 0.3 is 0 Å². The highest BCUT2D eigenvalue weighted by Gasteiger charge is 2.14. The van der Waals surface area contributed by atoms with Crippen molar-refractivity contribution in [1.29, 1.82) is 0 Å². The summed E-state index contributed by atoms with van der Waals surface area (Å²) in [7, 11) is 0. The van der Waals surface area contributed by atoms with Gasteiger partial charge in [-0.05, 0) is 30.6 Å². The standard InChI is InChI=1S/C14H17FN4OS.ClH/c1-21-7-6-12(16)14(20)18-10-8-17-19(9-10)13-5-3-2-4-11(13)15;/h2-5,8-9,12H,6-7,16H2,1H3,(H,18,20);1H/t12-;/m0./s1. The third-order valence-electron chi connectivity index (χ3n) is 2.92. The molecule has 0 bridgehead atoms. The third kappa shape index (κ3) is 4.72. The lowest BCUT2D eigenvalue weighted by Crippen LogP contribution is -2.35. The summed E-state index contributed by atoms with van der Waals surface area (Å²) in [5.41, 5.74) is 6.59. The first-order valence-corrected chi connectivity index (χ1v) is 7.86. The number of hydrogen-bond donors (Lipinski definition) is 2. The van der Waals surface area contributed by atoms with Crippen LogP contribution < -0.4 is 11.1 Å². The van der Waals surface area contributed by atoms with Crippen molar-refractivity contribution in [2.75, 3.05) is 17.3 Å². The van der Waals surface area contributed by atoms with Gasteiger partial charge in [-0.3, -0.25) is 4.79 Å². The van der Waals surface area contributed by atoms with Gasteiger partial charge < -0.3 is 11.1 Å². The van der Waals surface area contributed by atoms with E-state index >= 15 is 0 Å². The Labute approximate surface area is 138 Å². The molecule has 3 N–H and O–H groups in total. The van der Waals surface area contributed by atoms with Crippen LogP contribution >= 0.6 is 24.2 Å². The number of halogens is 2. The summed E-state index contributed by atoms with van der Waals surface area (Å²) in [4.78, 5) is 11.9. The van der Waals surface area contributed by atoms with E-state index in [1.165, 1.54) is 16.9 Å². The molecule has 1 amide bonds. The number of nitrogens with zero attached hydrogens (tertiary/aromatic N) is 2. The van der Waals surface area contributed by atoms with Gasteiger partial charge in [0, 0.05) is 0 Å². The molecule has 22 heavy (non-hydrogen) atoms. The summed E-state index contributed by atoms with van der Waals surface area (Å²) in [6, 6.07) is 5.73. The van der Waals surface area contributed by atoms with Crippen molar-refractivity contribution < 1.29 is 9.18 Å². The van der Waals surface area contributed by atoms with Gasteiger partial charge in [-0.2, -0.15) is 16.9 Å². The van der Waals surface area contributed by atoms with Crippen LogP contribution in [0.1, 0.15) is 6.42 Å². The fraction of sp³-hybridized carbons (Fsp3) is 0.286. The Morgan fingerprint density at radius 3 is 2.91 bits per heavy atom. The van der Waals surface area contributed by atoms with Crippen LogP contribution in [0.2, 0.25) is 0 Å². The number of nitrogens with two attached hydrogens (primary N) is 1. The summed E-state index contributed by atoms with van der Waals surface area (Å²) < 4.78 is 15.0. The topological polar surface area (TPSA) is 72.9 Å². The number of aromatic nitrogens is 2. The van der Waals surface area contributed by atoms with Crippen molar-refractivity contribution in [3.8, 4) is 5.69 Å². The predicted molar refractivity (Wildman–Crippen MR) is 90.4 cm³/mol. The number of para-hydroxylation sites is 1. The molecule has 0 saturated heterocycles. The number of rotatable bonds is 6. The average Bonchev–Trinajstić information content (AvgIpc) is 2.93. The number of carbonyl (C=O) groups is 1. The molecular formula is C14H18ClFN4OS. The highest BCUT2D eigenvalue weighted by Crippen LogP contribution is 2.15. The molecule has 8 heteroatoms. The normalized spacial score (nSPS) is 11.6. The van der Waals surface area contributed by atoms with Crippen LogP contribution in [0.15, 0.2) is 36.7 Å². The minimum Gasteiger partial charge on any atom is -0.322 e. The number of nitrogens with one attached hydrogen (secondary N) is 1. The fourth-order valence-corrected chi connectivity index (χ4v) is 2.26. The largest absolute Gasteiger partial charge is 0.322 e. The predicted octanol–water partition coefficient (Wildman–Crippen LogP) is 2.45. The van der Waals surface area contributed by atoms with E-state index in [1.54, 1.807) is 36.2 Å². The molecule has 0 fully saturated rings. The summed E-state index contributed by atoms with van der Waals surface area (Å²) in [6.45, 7) is 0. The van der Waals surface area contributed by atoms with Crippen molar-refractivity contribution in [2.45, 2.75) is 12.5 Å². The highest BCUT2D eigenvalue weighted by molar-refractivity contribution is 7.98. The van der Waals surface area contributed by atoms with Crippen molar-refractivity contribution in [2.24, 2.45) is 5.73 Å². The first-order valence-electron chi connectivity index (χ1n) is 6.46. The van der Waals surface area contributed by atoms with Crippen LogP contribution in [0.4, 0.5) is 10.1 Å². The Kier molecular flexibility index (Phi) is 7.37. The second-order valence-electron chi connectivity index (χ2n) is 4.50. The van der Waals surface area contributed by atoms with Crippen LogP contribution in [0.5, 0.6) is 0 Å². The second-order valence-corrected chi connectivity index (χ2v) is 5.49. The van der Waals surface area contributed by atoms with Gasteiger partial charge in [0.25, 0.3) is 0 Å². The van der Waals surface area contributed by atoms with Gasteiger partial charge in [0.15, 0.2) is 0 Å². The van der Waals surface area contributed by atoms with Crippen molar-refractivity contribution in [3.63, 3.8) is 0 Å². The third-order valence-corrected chi connectivity index (χ3v) is 3.56. The number of thioether (sulfide) groups is 1. The van der Waals surface area contributed by atoms with E-state index in [4.69, 9.17) is 5.73 Å². The van der Waals surface area contributed by atoms with Crippen LogP contribution in [-0.4, -0.2) is 33.7 Å². The van der Waals surface area contributed by atoms with Crippen molar-refractivity contribution in [1.82, 2.24) is 9.78 Å². The Hall–Kier alpha value is -1.57. The summed E-state index contributed by atoms with van der Waals surface area (Å²) in [5.74, 6) is 0.176. The Bertz CT molecular complexity index is 622. The zero-order valence-electron chi connectivity index (χ0n) is 12.0. The molecule has 2 rings (SSSR count). The van der Waals surface area contributed by atoms with Gasteiger partial charge in [0.2, 0.25) is 5.91 Å². The molecule has 1 aromatic carbocycles. The Balaban J connectivity index is 0.00000242. The van der Waals surface area contributed by atoms with Gasteiger partial charge in [0.05, 0.1) is 24.1 Å². The maximum absolute atomic E-state index is 13.6. The molecule has 1 atom stereocenters. The second kappa shape index (κ2) is 8.77. The van der Waals surface area contributed by atoms with E-state index in [-0.39, 0.29) is 24.1 Å². The zero-order valence-corrected chi connectivity index (χ0v) is 13.7. The molecule has 2 aromatic rings. The van der Waals surface area contributed by atoms with Crippen LogP contribution in [-0.2, 0) is 4.79 Å². The molecule has 0 saturated carbocycles. The molecule has 0 aliphatic carbocycles. The molecule has 120 valence electrons. The van der Waals surface area contributed by atoms with Crippen molar-refractivity contribution >= 4 is 35.8 Å². The molecule has 1 aromatic heterocycles. The van der Waals surface area contributed by atoms with Gasteiger partial charge in [-0.1, -0.05) is 12.1 Å². The maximum atomic E-state index is 13.6. The molecule has 5 nitrogen and oxygen atoms in total. The minimum absolute atomic E-state index is 0. The Morgan fingerprint density at radius 1 is 1.50 bits per heavy atom. The highest BCUT2D eigenvalue weighted by atomic mass is 35.5. The van der Waals surface area contributed by atoms with Gasteiger partial charge in [-0.15, -0.1) is 12.4 Å². The first kappa shape index (κ1) is 18.5. The molecular weight excluding hydrogens is 327 g/mol. The monoisotopic (exact) mass is 344 g/mol. The van der Waals surface area contributed by atoms with Crippen LogP contribution in [0.25, 0.3) is 5.69 Å². The smallest absolute Gasteiger partial charge is 0.241 e. The van der Waals surface area contributed by atoms with Gasteiger partial charge in [-0.25, -0.2) is 9.07 Å². The first-order chi connectivity index (χ1) is 10.1. The Morgan fingerprint density at radius 2 is 2.23 bits per heavy atom. The number of benzene rings is 1. The molecule has 0 aliphatic rings. The SMILES string of the molecule is CSCC[C@H](N)C(=O)Nc1cnn(-c2ccccc2F)c1.Cl. The van der Waals surface area contributed by atoms with Crippen LogP contribution in [0, 0.1) is 5.82 Å². The summed E-state index contributed by atoms with van der Waals surface area (Å²) in [5, 5.41) is 6.72. The van der Waals surface area contributed by atoms with E-state index in [2.05, 4.69) is 10.4 Å². The number of amides is 1. The molecule has 0 spiro atoms. The number of anilines is 1. The van der Waals surface area contributed by atoms with Gasteiger partial charge in [0.1, 0.15) is 11.5 Å². The van der Waals surface area contributed by atoms with E-state index in [0.29, 0.717) is 17.8 Å². The van der Waals surface area contributed by atoms with Crippen LogP contribution in [0.3, 0.4) is 0 Å². The number of carbonyl (C=O) groups excluding carboxylic acids is 1.